The summed E-state index contributed by atoms with van der Waals surface area (Å²) in [4.78, 5) is 13.5. The predicted octanol–water partition coefficient (Wildman–Crippen LogP) is 1.88. The van der Waals surface area contributed by atoms with Crippen molar-refractivity contribution in [3.05, 3.63) is 29.3 Å². The van der Waals surface area contributed by atoms with Gasteiger partial charge in [0.25, 0.3) is 0 Å². The smallest absolute Gasteiger partial charge is 0.226 e. The zero-order valence-electron chi connectivity index (χ0n) is 12.3. The zero-order valence-corrected chi connectivity index (χ0v) is 12.3. The van der Waals surface area contributed by atoms with Crippen molar-refractivity contribution in [2.45, 2.75) is 33.2 Å². The lowest BCUT2D eigenvalue weighted by molar-refractivity contribution is -0.132. The Hall–Kier alpha value is -1.55. The van der Waals surface area contributed by atoms with Crippen LogP contribution in [0.25, 0.3) is 0 Å². The van der Waals surface area contributed by atoms with Crippen molar-refractivity contribution in [3.8, 4) is 5.75 Å². The average Bonchev–Trinajstić information content (AvgIpc) is 2.40. The molecule has 0 heterocycles. The van der Waals surface area contributed by atoms with E-state index < -0.39 is 0 Å². The number of carbonyl (C=O) groups excluding carboxylic acids is 1. The Morgan fingerprint density at radius 1 is 1.42 bits per heavy atom. The number of carbonyl (C=O) groups is 1. The third-order valence-corrected chi connectivity index (χ3v) is 3.31. The van der Waals surface area contributed by atoms with E-state index >= 15 is 0 Å². The second-order valence-corrected chi connectivity index (χ2v) is 4.96. The monoisotopic (exact) mass is 264 g/mol. The fraction of sp³-hybridized carbons (Fsp3) is 0.533. The van der Waals surface area contributed by atoms with Gasteiger partial charge in [-0.15, -0.1) is 0 Å². The summed E-state index contributed by atoms with van der Waals surface area (Å²) < 4.78 is 5.67. The number of nitrogens with two attached hydrogens (primary N) is 1. The molecule has 1 aromatic rings. The third kappa shape index (κ3) is 4.56. The first-order valence-electron chi connectivity index (χ1n) is 6.61. The molecule has 4 nitrogen and oxygen atoms in total. The van der Waals surface area contributed by atoms with E-state index in [1.54, 1.807) is 11.9 Å². The molecule has 2 N–H and O–H groups in total. The van der Waals surface area contributed by atoms with Crippen molar-refractivity contribution in [3.63, 3.8) is 0 Å². The summed E-state index contributed by atoms with van der Waals surface area (Å²) in [5.74, 6) is 0.908. The average molecular weight is 264 g/mol. The van der Waals surface area contributed by atoms with E-state index in [0.717, 1.165) is 16.9 Å². The first kappa shape index (κ1) is 15.5. The van der Waals surface area contributed by atoms with Crippen LogP contribution in [0.4, 0.5) is 0 Å². The van der Waals surface area contributed by atoms with E-state index in [2.05, 4.69) is 0 Å². The van der Waals surface area contributed by atoms with Crippen LogP contribution in [0.1, 0.15) is 24.5 Å². The summed E-state index contributed by atoms with van der Waals surface area (Å²) in [5.41, 5.74) is 7.78. The van der Waals surface area contributed by atoms with E-state index in [0.29, 0.717) is 19.6 Å². The molecule has 106 valence electrons. The zero-order chi connectivity index (χ0) is 14.4. The molecule has 19 heavy (non-hydrogen) atoms. The molecule has 0 fully saturated rings. The Bertz CT molecular complexity index is 432. The minimum Gasteiger partial charge on any atom is -0.493 e. The van der Waals surface area contributed by atoms with E-state index in [9.17, 15) is 4.79 Å². The van der Waals surface area contributed by atoms with Crippen LogP contribution in [0.15, 0.2) is 18.2 Å². The number of likely N-dealkylation sites (N-methyl/N-ethyl adjacent to an activating group) is 1. The molecule has 0 aliphatic carbocycles. The Labute approximate surface area is 115 Å². The van der Waals surface area contributed by atoms with Crippen LogP contribution < -0.4 is 10.5 Å². The molecule has 0 aliphatic heterocycles. The van der Waals surface area contributed by atoms with Crippen molar-refractivity contribution in [2.75, 3.05) is 20.2 Å². The van der Waals surface area contributed by atoms with Crippen LogP contribution >= 0.6 is 0 Å². The maximum atomic E-state index is 11.9. The molecule has 0 saturated carbocycles. The second-order valence-electron chi connectivity index (χ2n) is 4.96. The SMILES string of the molecule is Cc1ccc(C)c(OCCC(=O)N(C)C(C)CN)c1. The molecule has 1 amide bonds. The molecular formula is C15H24N2O2. The molecule has 0 saturated heterocycles. The number of hydrogen-bond acceptors (Lipinski definition) is 3. The maximum absolute atomic E-state index is 11.9. The van der Waals surface area contributed by atoms with Crippen molar-refractivity contribution in [2.24, 2.45) is 5.73 Å². The molecule has 1 aromatic carbocycles. The van der Waals surface area contributed by atoms with E-state index in [-0.39, 0.29) is 11.9 Å². The van der Waals surface area contributed by atoms with Gasteiger partial charge in [-0.3, -0.25) is 4.79 Å². The largest absolute Gasteiger partial charge is 0.493 e. The van der Waals surface area contributed by atoms with Crippen LogP contribution in [0.3, 0.4) is 0 Å². The number of amides is 1. The Morgan fingerprint density at radius 2 is 2.11 bits per heavy atom. The fourth-order valence-electron chi connectivity index (χ4n) is 1.69. The van der Waals surface area contributed by atoms with Crippen LogP contribution in [-0.2, 0) is 4.79 Å². The van der Waals surface area contributed by atoms with Crippen LogP contribution in [0, 0.1) is 13.8 Å². The lowest BCUT2D eigenvalue weighted by Gasteiger charge is -2.23. The molecule has 1 atom stereocenters. The summed E-state index contributed by atoms with van der Waals surface area (Å²) in [5, 5.41) is 0. The van der Waals surface area contributed by atoms with E-state index in [1.807, 2.05) is 39.0 Å². The normalized spacial score (nSPS) is 12.1. The Balaban J connectivity index is 2.46. The van der Waals surface area contributed by atoms with Gasteiger partial charge in [0.05, 0.1) is 13.0 Å². The second kappa shape index (κ2) is 7.14. The van der Waals surface area contributed by atoms with Gasteiger partial charge in [0.1, 0.15) is 5.75 Å². The highest BCUT2D eigenvalue weighted by Crippen LogP contribution is 2.19. The van der Waals surface area contributed by atoms with Crippen molar-refractivity contribution in [1.82, 2.24) is 4.90 Å². The quantitative estimate of drug-likeness (QED) is 0.853. The number of aryl methyl sites for hydroxylation is 2. The lowest BCUT2D eigenvalue weighted by atomic mass is 10.1. The minimum absolute atomic E-state index is 0.0586. The van der Waals surface area contributed by atoms with Gasteiger partial charge in [0, 0.05) is 19.6 Å². The first-order valence-corrected chi connectivity index (χ1v) is 6.61. The maximum Gasteiger partial charge on any atom is 0.226 e. The van der Waals surface area contributed by atoms with E-state index in [4.69, 9.17) is 10.5 Å². The lowest BCUT2D eigenvalue weighted by Crippen LogP contribution is -2.40. The van der Waals surface area contributed by atoms with Gasteiger partial charge in [-0.25, -0.2) is 0 Å². The van der Waals surface area contributed by atoms with Crippen LogP contribution in [0.5, 0.6) is 5.75 Å². The minimum atomic E-state index is 0.0586. The molecule has 1 unspecified atom stereocenters. The highest BCUT2D eigenvalue weighted by molar-refractivity contribution is 5.76. The number of benzene rings is 1. The van der Waals surface area contributed by atoms with Gasteiger partial charge < -0.3 is 15.4 Å². The standard InChI is InChI=1S/C15H24N2O2/c1-11-5-6-12(2)14(9-11)19-8-7-15(18)17(4)13(3)10-16/h5-6,9,13H,7-8,10,16H2,1-4H3. The molecule has 1 rings (SSSR count). The number of ether oxygens (including phenoxy) is 1. The molecule has 0 aliphatic rings. The number of rotatable bonds is 6. The topological polar surface area (TPSA) is 55.6 Å². The highest BCUT2D eigenvalue weighted by Gasteiger charge is 2.14. The number of hydrogen-bond donors (Lipinski definition) is 1. The summed E-state index contributed by atoms with van der Waals surface area (Å²) in [7, 11) is 1.78. The predicted molar refractivity (Wildman–Crippen MR) is 77.3 cm³/mol. The van der Waals surface area contributed by atoms with Crippen molar-refractivity contribution < 1.29 is 9.53 Å². The molecular weight excluding hydrogens is 240 g/mol. The summed E-state index contributed by atoms with van der Waals surface area (Å²) in [6.07, 6.45) is 0.369. The summed E-state index contributed by atoms with van der Waals surface area (Å²) in [6, 6.07) is 6.12. The third-order valence-electron chi connectivity index (χ3n) is 3.31. The Kier molecular flexibility index (Phi) is 5.83. The van der Waals surface area contributed by atoms with Gasteiger partial charge in [0.2, 0.25) is 5.91 Å². The molecule has 4 heteroatoms. The van der Waals surface area contributed by atoms with Gasteiger partial charge in [-0.1, -0.05) is 12.1 Å². The highest BCUT2D eigenvalue weighted by atomic mass is 16.5. The number of nitrogens with zero attached hydrogens (tertiary/aromatic N) is 1. The summed E-state index contributed by atoms with van der Waals surface area (Å²) in [6.45, 7) is 6.82. The van der Waals surface area contributed by atoms with Gasteiger partial charge in [0.15, 0.2) is 0 Å². The Morgan fingerprint density at radius 3 is 2.74 bits per heavy atom. The van der Waals surface area contributed by atoms with E-state index in [1.165, 1.54) is 0 Å². The van der Waals surface area contributed by atoms with Gasteiger partial charge in [-0.05, 0) is 38.0 Å². The van der Waals surface area contributed by atoms with Crippen molar-refractivity contribution in [1.29, 1.82) is 0 Å². The molecule has 0 radical (unpaired) electrons. The first-order chi connectivity index (χ1) is 8.95. The molecule has 0 bridgehead atoms. The fourth-order valence-corrected chi connectivity index (χ4v) is 1.69. The van der Waals surface area contributed by atoms with Crippen LogP contribution in [-0.4, -0.2) is 37.0 Å². The van der Waals surface area contributed by atoms with Gasteiger partial charge in [-0.2, -0.15) is 0 Å². The summed E-state index contributed by atoms with van der Waals surface area (Å²) >= 11 is 0. The molecule has 0 aromatic heterocycles. The van der Waals surface area contributed by atoms with Crippen molar-refractivity contribution >= 4 is 5.91 Å². The molecule has 0 spiro atoms. The van der Waals surface area contributed by atoms with Crippen LogP contribution in [0.2, 0.25) is 0 Å². The van der Waals surface area contributed by atoms with Gasteiger partial charge >= 0.3 is 0 Å².